The van der Waals surface area contributed by atoms with E-state index in [1.165, 1.54) is 12.8 Å². The molecule has 4 nitrogen and oxygen atoms in total. The molecular formula is C13H20N2O2. The Labute approximate surface area is 102 Å². The molecule has 0 aromatic rings. The number of nitrogens with zero attached hydrogens (tertiary/aromatic N) is 2. The summed E-state index contributed by atoms with van der Waals surface area (Å²) in [5.41, 5.74) is 0.283. The van der Waals surface area contributed by atoms with Crippen molar-refractivity contribution in [3.8, 4) is 0 Å². The monoisotopic (exact) mass is 236 g/mol. The van der Waals surface area contributed by atoms with E-state index in [2.05, 4.69) is 6.92 Å². The zero-order chi connectivity index (χ0) is 12.2. The van der Waals surface area contributed by atoms with Crippen LogP contribution in [0.4, 0.5) is 0 Å². The second-order valence-electron chi connectivity index (χ2n) is 6.14. The van der Waals surface area contributed by atoms with Gasteiger partial charge in [-0.3, -0.25) is 9.59 Å². The van der Waals surface area contributed by atoms with Gasteiger partial charge in [-0.05, 0) is 38.0 Å². The van der Waals surface area contributed by atoms with Crippen LogP contribution in [0.25, 0.3) is 0 Å². The summed E-state index contributed by atoms with van der Waals surface area (Å²) < 4.78 is 0. The van der Waals surface area contributed by atoms with Crippen LogP contribution in [0.1, 0.15) is 39.5 Å². The van der Waals surface area contributed by atoms with E-state index in [0.717, 1.165) is 25.9 Å². The quantitative estimate of drug-likeness (QED) is 0.718. The number of rotatable bonds is 2. The minimum absolute atomic E-state index is 0.149. The zero-order valence-corrected chi connectivity index (χ0v) is 10.6. The van der Waals surface area contributed by atoms with E-state index in [0.29, 0.717) is 0 Å². The molecule has 0 N–H and O–H groups in total. The molecule has 0 aromatic carbocycles. The number of hydrogen-bond acceptors (Lipinski definition) is 2. The molecule has 94 valence electrons. The lowest BCUT2D eigenvalue weighted by molar-refractivity contribution is -0.159. The first-order valence-electron chi connectivity index (χ1n) is 6.63. The average Bonchev–Trinajstić information content (AvgIpc) is 2.83. The zero-order valence-electron chi connectivity index (χ0n) is 10.6. The fraction of sp³-hybridized carbons (Fsp3) is 0.846. The highest BCUT2D eigenvalue weighted by atomic mass is 16.2. The number of carbonyl (C=O) groups is 2. The molecular weight excluding hydrogens is 216 g/mol. The van der Waals surface area contributed by atoms with Gasteiger partial charge in [-0.1, -0.05) is 6.92 Å². The molecule has 3 aliphatic rings. The highest BCUT2D eigenvalue weighted by molar-refractivity contribution is 5.97. The summed E-state index contributed by atoms with van der Waals surface area (Å²) in [6.07, 6.45) is 4.20. The van der Waals surface area contributed by atoms with Crippen LogP contribution in [0.3, 0.4) is 0 Å². The molecule has 0 spiro atoms. The highest BCUT2D eigenvalue weighted by Gasteiger charge is 2.49. The minimum Gasteiger partial charge on any atom is -0.329 e. The summed E-state index contributed by atoms with van der Waals surface area (Å²) in [6, 6.07) is -0.407. The van der Waals surface area contributed by atoms with E-state index in [1.54, 1.807) is 4.90 Å². The van der Waals surface area contributed by atoms with Crippen molar-refractivity contribution >= 4 is 11.8 Å². The van der Waals surface area contributed by atoms with Crippen molar-refractivity contribution in [3.05, 3.63) is 0 Å². The summed E-state index contributed by atoms with van der Waals surface area (Å²) in [5.74, 6) is 0.332. The summed E-state index contributed by atoms with van der Waals surface area (Å²) in [4.78, 5) is 28.2. The van der Waals surface area contributed by atoms with Crippen molar-refractivity contribution in [1.29, 1.82) is 0 Å². The van der Waals surface area contributed by atoms with Crippen LogP contribution in [0.15, 0.2) is 0 Å². The lowest BCUT2D eigenvalue weighted by Crippen LogP contribution is -2.62. The normalized spacial score (nSPS) is 35.2. The van der Waals surface area contributed by atoms with E-state index >= 15 is 0 Å². The summed E-state index contributed by atoms with van der Waals surface area (Å²) in [7, 11) is 0. The molecule has 1 aliphatic carbocycles. The van der Waals surface area contributed by atoms with Crippen LogP contribution in [-0.2, 0) is 9.59 Å². The summed E-state index contributed by atoms with van der Waals surface area (Å²) in [5, 5.41) is 0. The van der Waals surface area contributed by atoms with Crippen LogP contribution in [0.2, 0.25) is 0 Å². The molecule has 2 amide bonds. The SMILES string of the molecule is CC1C(=O)N2CCCC2C(=O)N1CC1(C)CC1. The largest absolute Gasteiger partial charge is 0.329 e. The molecule has 2 heterocycles. The summed E-state index contributed by atoms with van der Waals surface area (Å²) >= 11 is 0. The Hall–Kier alpha value is -1.06. The van der Waals surface area contributed by atoms with Gasteiger partial charge in [0.25, 0.3) is 0 Å². The van der Waals surface area contributed by atoms with Crippen LogP contribution >= 0.6 is 0 Å². The lowest BCUT2D eigenvalue weighted by atomic mass is 10.0. The predicted molar refractivity (Wildman–Crippen MR) is 63.3 cm³/mol. The van der Waals surface area contributed by atoms with Crippen molar-refractivity contribution in [3.63, 3.8) is 0 Å². The summed E-state index contributed by atoms with van der Waals surface area (Å²) in [6.45, 7) is 5.62. The predicted octanol–water partition coefficient (Wildman–Crippen LogP) is 1.01. The maximum absolute atomic E-state index is 12.4. The topological polar surface area (TPSA) is 40.6 Å². The third-order valence-corrected chi connectivity index (χ3v) is 4.58. The highest BCUT2D eigenvalue weighted by Crippen LogP contribution is 2.46. The number of carbonyl (C=O) groups excluding carboxylic acids is 2. The Balaban J connectivity index is 1.82. The van der Waals surface area contributed by atoms with E-state index in [4.69, 9.17) is 0 Å². The number of amides is 2. The molecule has 2 unspecified atom stereocenters. The minimum atomic E-state index is -0.255. The molecule has 0 bridgehead atoms. The number of hydrogen-bond donors (Lipinski definition) is 0. The molecule has 0 radical (unpaired) electrons. The number of piperazine rings is 1. The first-order chi connectivity index (χ1) is 8.02. The molecule has 0 aromatic heterocycles. The maximum atomic E-state index is 12.4. The average molecular weight is 236 g/mol. The van der Waals surface area contributed by atoms with Crippen molar-refractivity contribution < 1.29 is 9.59 Å². The first kappa shape index (κ1) is 11.1. The van der Waals surface area contributed by atoms with E-state index in [9.17, 15) is 9.59 Å². The fourth-order valence-corrected chi connectivity index (χ4v) is 3.04. The van der Waals surface area contributed by atoms with Crippen LogP contribution in [-0.4, -0.2) is 46.8 Å². The smallest absolute Gasteiger partial charge is 0.246 e. The molecule has 4 heteroatoms. The van der Waals surface area contributed by atoms with Crippen molar-refractivity contribution in [2.75, 3.05) is 13.1 Å². The van der Waals surface area contributed by atoms with Gasteiger partial charge in [-0.15, -0.1) is 0 Å². The van der Waals surface area contributed by atoms with Crippen LogP contribution in [0, 0.1) is 5.41 Å². The van der Waals surface area contributed by atoms with Gasteiger partial charge in [-0.2, -0.15) is 0 Å². The van der Waals surface area contributed by atoms with Crippen LogP contribution < -0.4 is 0 Å². The Kier molecular flexibility index (Phi) is 2.25. The van der Waals surface area contributed by atoms with E-state index in [1.807, 2.05) is 11.8 Å². The van der Waals surface area contributed by atoms with Gasteiger partial charge < -0.3 is 9.80 Å². The van der Waals surface area contributed by atoms with E-state index < -0.39 is 0 Å². The van der Waals surface area contributed by atoms with Crippen molar-refractivity contribution in [2.45, 2.75) is 51.6 Å². The van der Waals surface area contributed by atoms with Gasteiger partial charge in [-0.25, -0.2) is 0 Å². The van der Waals surface area contributed by atoms with E-state index in [-0.39, 0.29) is 29.3 Å². The van der Waals surface area contributed by atoms with Gasteiger partial charge in [0, 0.05) is 13.1 Å². The van der Waals surface area contributed by atoms with Gasteiger partial charge in [0.15, 0.2) is 0 Å². The standard InChI is InChI=1S/C13H20N2O2/c1-9-11(16)14-7-3-4-10(14)12(17)15(9)8-13(2)5-6-13/h9-10H,3-8H2,1-2H3. The van der Waals surface area contributed by atoms with Gasteiger partial charge >= 0.3 is 0 Å². The van der Waals surface area contributed by atoms with Gasteiger partial charge in [0.2, 0.25) is 11.8 Å². The molecule has 3 rings (SSSR count). The molecule has 2 saturated heterocycles. The molecule has 1 saturated carbocycles. The second-order valence-corrected chi connectivity index (χ2v) is 6.14. The van der Waals surface area contributed by atoms with Crippen molar-refractivity contribution in [2.24, 2.45) is 5.41 Å². The number of fused-ring (bicyclic) bond motifs is 1. The Morgan fingerprint density at radius 3 is 2.65 bits per heavy atom. The first-order valence-corrected chi connectivity index (χ1v) is 6.63. The maximum Gasteiger partial charge on any atom is 0.246 e. The molecule has 3 fully saturated rings. The second kappa shape index (κ2) is 3.47. The molecule has 17 heavy (non-hydrogen) atoms. The van der Waals surface area contributed by atoms with Crippen LogP contribution in [0.5, 0.6) is 0 Å². The third-order valence-electron chi connectivity index (χ3n) is 4.58. The van der Waals surface area contributed by atoms with Gasteiger partial charge in [0.1, 0.15) is 12.1 Å². The fourth-order valence-electron chi connectivity index (χ4n) is 3.04. The Morgan fingerprint density at radius 2 is 2.00 bits per heavy atom. The van der Waals surface area contributed by atoms with Crippen molar-refractivity contribution in [1.82, 2.24) is 9.80 Å². The Bertz CT molecular complexity index is 376. The lowest BCUT2D eigenvalue weighted by Gasteiger charge is -2.42. The molecule has 2 atom stereocenters. The third kappa shape index (κ3) is 1.65. The Morgan fingerprint density at radius 1 is 1.29 bits per heavy atom. The van der Waals surface area contributed by atoms with Gasteiger partial charge in [0.05, 0.1) is 0 Å². The molecule has 2 aliphatic heterocycles.